The molecule has 4 nitrogen and oxygen atoms in total. The van der Waals surface area contributed by atoms with Gasteiger partial charge in [-0.2, -0.15) is 0 Å². The van der Waals surface area contributed by atoms with Crippen molar-refractivity contribution < 1.29 is 0 Å². The predicted molar refractivity (Wildman–Crippen MR) is 107 cm³/mol. The van der Waals surface area contributed by atoms with Crippen LogP contribution in [0.4, 0.5) is 5.69 Å². The molecular formula is C16H12Cl3N3OS2. The molecule has 0 bridgehead atoms. The Morgan fingerprint density at radius 2 is 1.84 bits per heavy atom. The van der Waals surface area contributed by atoms with E-state index in [4.69, 9.17) is 34.8 Å². The zero-order chi connectivity index (χ0) is 17.8. The van der Waals surface area contributed by atoms with E-state index in [2.05, 4.69) is 9.37 Å². The average Bonchev–Trinajstić information content (AvgIpc) is 2.93. The maximum atomic E-state index is 12.0. The number of nitrogens with zero attached hydrogens (tertiary/aromatic N) is 2. The number of aromatic amines is 1. The molecule has 0 aliphatic rings. The summed E-state index contributed by atoms with van der Waals surface area (Å²) < 4.78 is 4.32. The average molecular weight is 433 g/mol. The van der Waals surface area contributed by atoms with E-state index in [1.54, 1.807) is 34.5 Å². The van der Waals surface area contributed by atoms with Gasteiger partial charge in [-0.1, -0.05) is 34.8 Å². The van der Waals surface area contributed by atoms with Crippen molar-refractivity contribution in [2.24, 2.45) is 4.99 Å². The lowest BCUT2D eigenvalue weighted by atomic mass is 10.3. The lowest BCUT2D eigenvalue weighted by Crippen LogP contribution is -2.27. The Labute approximate surface area is 167 Å². The summed E-state index contributed by atoms with van der Waals surface area (Å²) in [5, 5.41) is 1.60. The molecule has 0 fully saturated rings. The number of hydrogen-bond acceptors (Lipinski definition) is 4. The summed E-state index contributed by atoms with van der Waals surface area (Å²) in [5.41, 5.74) is 0.462. The van der Waals surface area contributed by atoms with E-state index in [-0.39, 0.29) is 5.69 Å². The third-order valence-corrected chi connectivity index (χ3v) is 5.99. The van der Waals surface area contributed by atoms with Crippen LogP contribution in [0, 0.1) is 0 Å². The van der Waals surface area contributed by atoms with Crippen molar-refractivity contribution in [2.45, 2.75) is 11.4 Å². The fourth-order valence-corrected chi connectivity index (χ4v) is 4.00. The predicted octanol–water partition coefficient (Wildman–Crippen LogP) is 5.22. The molecule has 3 rings (SSSR count). The summed E-state index contributed by atoms with van der Waals surface area (Å²) in [4.78, 5) is 18.2. The van der Waals surface area contributed by atoms with Gasteiger partial charge in [0, 0.05) is 22.2 Å². The van der Waals surface area contributed by atoms with E-state index in [0.717, 1.165) is 10.6 Å². The van der Waals surface area contributed by atoms with Crippen LogP contribution in [0.2, 0.25) is 15.1 Å². The minimum Gasteiger partial charge on any atom is -0.267 e. The molecule has 0 atom stereocenters. The third kappa shape index (κ3) is 4.92. The lowest BCUT2D eigenvalue weighted by Gasteiger charge is -2.03. The van der Waals surface area contributed by atoms with Gasteiger partial charge in [-0.25, -0.2) is 9.79 Å². The Morgan fingerprint density at radius 1 is 1.08 bits per heavy atom. The first-order chi connectivity index (χ1) is 12.0. The summed E-state index contributed by atoms with van der Waals surface area (Å²) >= 11 is 20.6. The molecule has 9 heteroatoms. The fraction of sp³-hybridized carbons (Fsp3) is 0.125. The Kier molecular flexibility index (Phi) is 6.30. The Hall–Kier alpha value is -1.18. The van der Waals surface area contributed by atoms with Gasteiger partial charge in [0.2, 0.25) is 4.80 Å². The quantitative estimate of drug-likeness (QED) is 0.562. The van der Waals surface area contributed by atoms with E-state index in [9.17, 15) is 4.79 Å². The lowest BCUT2D eigenvalue weighted by molar-refractivity contribution is 0.705. The van der Waals surface area contributed by atoms with Crippen LogP contribution in [0.15, 0.2) is 57.1 Å². The van der Waals surface area contributed by atoms with Crippen molar-refractivity contribution in [3.05, 3.63) is 72.8 Å². The maximum absolute atomic E-state index is 12.0. The first-order valence-electron chi connectivity index (χ1n) is 7.19. The Morgan fingerprint density at radius 3 is 2.56 bits per heavy atom. The number of rotatable bonds is 5. The maximum Gasteiger partial charge on any atom is 0.337 e. The van der Waals surface area contributed by atoms with Crippen LogP contribution < -0.4 is 10.5 Å². The molecule has 130 valence electrons. The normalized spacial score (nSPS) is 11.9. The summed E-state index contributed by atoms with van der Waals surface area (Å²) in [6, 6.07) is 12.7. The SMILES string of the molecule is O=c1[nH]s/c(=N/c2ccc(Cl)c(Cl)c2)n1CCSc1ccc(Cl)cc1. The van der Waals surface area contributed by atoms with Gasteiger partial charge >= 0.3 is 5.69 Å². The number of thioether (sulfide) groups is 1. The summed E-state index contributed by atoms with van der Waals surface area (Å²) in [6.07, 6.45) is 0. The number of aromatic nitrogens is 2. The van der Waals surface area contributed by atoms with Gasteiger partial charge < -0.3 is 0 Å². The van der Waals surface area contributed by atoms with Crippen LogP contribution in [0.25, 0.3) is 0 Å². The number of halogens is 3. The van der Waals surface area contributed by atoms with Crippen molar-refractivity contribution >= 4 is 63.8 Å². The van der Waals surface area contributed by atoms with Crippen LogP contribution >= 0.6 is 58.1 Å². The number of nitrogens with one attached hydrogen (secondary N) is 1. The molecular weight excluding hydrogens is 421 g/mol. The number of H-pyrrole nitrogens is 1. The van der Waals surface area contributed by atoms with Gasteiger partial charge in [-0.15, -0.1) is 11.8 Å². The molecule has 1 aromatic heterocycles. The molecule has 0 aliphatic carbocycles. The monoisotopic (exact) mass is 431 g/mol. The first-order valence-corrected chi connectivity index (χ1v) is 10.1. The van der Waals surface area contributed by atoms with Gasteiger partial charge in [0.15, 0.2) is 0 Å². The largest absolute Gasteiger partial charge is 0.337 e. The molecule has 2 aromatic carbocycles. The van der Waals surface area contributed by atoms with Crippen molar-refractivity contribution in [3.63, 3.8) is 0 Å². The third-order valence-electron chi connectivity index (χ3n) is 3.23. The molecule has 0 saturated heterocycles. The first kappa shape index (κ1) is 18.6. The van der Waals surface area contributed by atoms with Crippen molar-refractivity contribution in [3.8, 4) is 0 Å². The van der Waals surface area contributed by atoms with Gasteiger partial charge in [-0.05, 0) is 54.0 Å². The minimum absolute atomic E-state index is 0.180. The second-order valence-corrected chi connectivity index (χ2v) is 8.15. The molecule has 0 aliphatic heterocycles. The van der Waals surface area contributed by atoms with E-state index in [1.807, 2.05) is 24.3 Å². The highest BCUT2D eigenvalue weighted by atomic mass is 35.5. The molecule has 0 amide bonds. The van der Waals surface area contributed by atoms with E-state index in [1.165, 1.54) is 11.5 Å². The molecule has 1 heterocycles. The number of hydrogen-bond donors (Lipinski definition) is 1. The molecule has 1 N–H and O–H groups in total. The molecule has 25 heavy (non-hydrogen) atoms. The highest BCUT2D eigenvalue weighted by Crippen LogP contribution is 2.26. The van der Waals surface area contributed by atoms with Crippen LogP contribution in [-0.2, 0) is 6.54 Å². The molecule has 0 saturated carbocycles. The highest BCUT2D eigenvalue weighted by Gasteiger charge is 2.04. The second kappa shape index (κ2) is 8.47. The van der Waals surface area contributed by atoms with Gasteiger partial charge in [0.1, 0.15) is 0 Å². The van der Waals surface area contributed by atoms with Gasteiger partial charge in [-0.3, -0.25) is 8.94 Å². The second-order valence-electron chi connectivity index (χ2n) is 4.96. The van der Waals surface area contributed by atoms with Crippen molar-refractivity contribution in [1.29, 1.82) is 0 Å². The van der Waals surface area contributed by atoms with Gasteiger partial charge in [0.25, 0.3) is 0 Å². The topological polar surface area (TPSA) is 50.1 Å². The van der Waals surface area contributed by atoms with Crippen LogP contribution in [-0.4, -0.2) is 14.7 Å². The summed E-state index contributed by atoms with van der Waals surface area (Å²) in [5.74, 6) is 0.732. The molecule has 3 aromatic rings. The van der Waals surface area contributed by atoms with Crippen LogP contribution in [0.3, 0.4) is 0 Å². The zero-order valence-corrected chi connectivity index (χ0v) is 16.6. The zero-order valence-electron chi connectivity index (χ0n) is 12.7. The van der Waals surface area contributed by atoms with Crippen molar-refractivity contribution in [2.75, 3.05) is 5.75 Å². The highest BCUT2D eigenvalue weighted by molar-refractivity contribution is 7.99. The molecule has 0 spiro atoms. The molecule has 0 unspecified atom stereocenters. The minimum atomic E-state index is -0.180. The van der Waals surface area contributed by atoms with E-state index in [0.29, 0.717) is 32.1 Å². The van der Waals surface area contributed by atoms with E-state index < -0.39 is 0 Å². The van der Waals surface area contributed by atoms with Crippen molar-refractivity contribution in [1.82, 2.24) is 8.94 Å². The summed E-state index contributed by atoms with van der Waals surface area (Å²) in [6.45, 7) is 0.534. The van der Waals surface area contributed by atoms with E-state index >= 15 is 0 Å². The fourth-order valence-electron chi connectivity index (χ4n) is 2.02. The smallest absolute Gasteiger partial charge is 0.267 e. The Bertz CT molecular complexity index is 993. The van der Waals surface area contributed by atoms with Crippen LogP contribution in [0.5, 0.6) is 0 Å². The standard InChI is InChI=1S/C16H12Cl3N3OS2/c17-10-1-4-12(5-2-10)24-8-7-22-15(23)21-25-16(22)20-11-3-6-13(18)14(19)9-11/h1-6,9H,7-8H2,(H,21,23)/b20-16+. The van der Waals surface area contributed by atoms with Crippen LogP contribution in [0.1, 0.15) is 0 Å². The Balaban J connectivity index is 1.77. The number of benzene rings is 2. The summed E-state index contributed by atoms with van der Waals surface area (Å²) in [7, 11) is 0. The van der Waals surface area contributed by atoms with Gasteiger partial charge in [0.05, 0.1) is 15.7 Å². The molecule has 0 radical (unpaired) electrons.